The molecule has 3 heteroatoms. The molecule has 0 aliphatic heterocycles. The van der Waals surface area contributed by atoms with Crippen molar-refractivity contribution < 1.29 is 9.30 Å². The van der Waals surface area contributed by atoms with Crippen LogP contribution in [0.2, 0.25) is 0 Å². The largest absolute Gasteiger partial charge is 0.497 e. The highest BCUT2D eigenvalue weighted by atomic mass is 32.1. The predicted octanol–water partition coefficient (Wildman–Crippen LogP) is 5.19. The van der Waals surface area contributed by atoms with E-state index in [-0.39, 0.29) is 0 Å². The van der Waals surface area contributed by atoms with Crippen LogP contribution < -0.4 is 9.30 Å². The Labute approximate surface area is 143 Å². The molecule has 0 atom stereocenters. The fourth-order valence-corrected chi connectivity index (χ4v) is 4.84. The standard InChI is InChI=1S/C21H16NOS/c1-22-12-19-21(16-9-8-14(23-2)11-17(16)22)20-15-6-4-3-5-13(15)7-10-18(20)24-19/h3-12H,1-2H3/q+1. The zero-order chi connectivity index (χ0) is 16.3. The van der Waals surface area contributed by atoms with Crippen LogP contribution in [0.25, 0.3) is 41.8 Å². The lowest BCUT2D eigenvalue weighted by molar-refractivity contribution is -0.643. The summed E-state index contributed by atoms with van der Waals surface area (Å²) < 4.78 is 10.3. The van der Waals surface area contributed by atoms with Crippen LogP contribution in [0.4, 0.5) is 0 Å². The molecular weight excluding hydrogens is 314 g/mol. The van der Waals surface area contributed by atoms with E-state index in [0.717, 1.165) is 5.75 Å². The number of pyridine rings is 1. The molecular formula is C21H16NOS+. The van der Waals surface area contributed by atoms with Crippen LogP contribution in [0.5, 0.6) is 5.75 Å². The molecule has 0 radical (unpaired) electrons. The van der Waals surface area contributed by atoms with Crippen LogP contribution in [0.15, 0.2) is 60.8 Å². The van der Waals surface area contributed by atoms with E-state index in [1.54, 1.807) is 7.11 Å². The number of methoxy groups -OCH3 is 1. The number of ether oxygens (including phenoxy) is 1. The first-order valence-electron chi connectivity index (χ1n) is 7.96. The number of thiophene rings is 1. The molecule has 0 fully saturated rings. The molecule has 2 aromatic heterocycles. The fourth-order valence-electron chi connectivity index (χ4n) is 3.63. The number of benzene rings is 3. The minimum atomic E-state index is 0.891. The molecule has 0 spiro atoms. The van der Waals surface area contributed by atoms with Crippen molar-refractivity contribution in [3.63, 3.8) is 0 Å². The van der Waals surface area contributed by atoms with E-state index >= 15 is 0 Å². The van der Waals surface area contributed by atoms with Crippen LogP contribution in [0.1, 0.15) is 0 Å². The van der Waals surface area contributed by atoms with Gasteiger partial charge in [-0.25, -0.2) is 0 Å². The molecule has 3 aromatic carbocycles. The summed E-state index contributed by atoms with van der Waals surface area (Å²) in [6.45, 7) is 0. The Hall–Kier alpha value is -2.65. The first kappa shape index (κ1) is 13.8. The Morgan fingerprint density at radius 3 is 2.58 bits per heavy atom. The van der Waals surface area contributed by atoms with E-state index in [2.05, 4.69) is 72.4 Å². The summed E-state index contributed by atoms with van der Waals surface area (Å²) >= 11 is 1.86. The first-order chi connectivity index (χ1) is 11.8. The van der Waals surface area contributed by atoms with E-state index in [9.17, 15) is 0 Å². The molecule has 0 aliphatic carbocycles. The van der Waals surface area contributed by atoms with Crippen molar-refractivity contribution in [1.82, 2.24) is 0 Å². The SMILES string of the molecule is COc1ccc2c3c(c[n+](C)c2c1)sc1ccc2ccccc2c13. The summed E-state index contributed by atoms with van der Waals surface area (Å²) in [5.41, 5.74) is 1.19. The van der Waals surface area contributed by atoms with Gasteiger partial charge in [0.25, 0.3) is 0 Å². The van der Waals surface area contributed by atoms with Gasteiger partial charge in [0.2, 0.25) is 5.52 Å². The second-order valence-electron chi connectivity index (χ2n) is 6.12. The van der Waals surface area contributed by atoms with Crippen molar-refractivity contribution in [2.45, 2.75) is 0 Å². The van der Waals surface area contributed by atoms with Gasteiger partial charge in [0, 0.05) is 15.5 Å². The Morgan fingerprint density at radius 2 is 1.71 bits per heavy atom. The third kappa shape index (κ3) is 1.79. The Morgan fingerprint density at radius 1 is 0.875 bits per heavy atom. The summed E-state index contributed by atoms with van der Waals surface area (Å²) in [7, 11) is 3.82. The average Bonchev–Trinajstić information content (AvgIpc) is 3.00. The fraction of sp³-hybridized carbons (Fsp3) is 0.0952. The molecule has 5 aromatic rings. The van der Waals surface area contributed by atoms with Gasteiger partial charge >= 0.3 is 0 Å². The van der Waals surface area contributed by atoms with Gasteiger partial charge < -0.3 is 4.74 Å². The summed E-state index contributed by atoms with van der Waals surface area (Å²) in [4.78, 5) is 0. The molecule has 2 heterocycles. The highest BCUT2D eigenvalue weighted by Crippen LogP contribution is 2.41. The maximum atomic E-state index is 5.42. The monoisotopic (exact) mass is 330 g/mol. The number of nitrogens with zero attached hydrogens (tertiary/aromatic N) is 1. The van der Waals surface area contributed by atoms with Crippen molar-refractivity contribution in [3.05, 3.63) is 60.8 Å². The lowest BCUT2D eigenvalue weighted by atomic mass is 10.0. The van der Waals surface area contributed by atoms with E-state index in [0.29, 0.717) is 0 Å². The number of rotatable bonds is 1. The molecule has 0 saturated heterocycles. The van der Waals surface area contributed by atoms with Crippen molar-refractivity contribution >= 4 is 53.2 Å². The normalized spacial score (nSPS) is 11.8. The molecule has 0 unspecified atom stereocenters. The zero-order valence-corrected chi connectivity index (χ0v) is 14.4. The third-order valence-electron chi connectivity index (χ3n) is 4.77. The quantitative estimate of drug-likeness (QED) is 0.385. The smallest absolute Gasteiger partial charge is 0.216 e. The summed E-state index contributed by atoms with van der Waals surface area (Å²) in [5, 5.41) is 6.61. The van der Waals surface area contributed by atoms with E-state index in [4.69, 9.17) is 4.74 Å². The molecule has 24 heavy (non-hydrogen) atoms. The number of hydrogen-bond donors (Lipinski definition) is 0. The highest BCUT2D eigenvalue weighted by molar-refractivity contribution is 7.26. The van der Waals surface area contributed by atoms with Gasteiger partial charge in [0.1, 0.15) is 17.5 Å². The Kier molecular flexibility index (Phi) is 2.82. The molecule has 0 bridgehead atoms. The summed E-state index contributed by atoms with van der Waals surface area (Å²) in [5.74, 6) is 0.891. The van der Waals surface area contributed by atoms with Gasteiger partial charge in [0.15, 0.2) is 6.20 Å². The highest BCUT2D eigenvalue weighted by Gasteiger charge is 2.17. The van der Waals surface area contributed by atoms with Gasteiger partial charge in [-0.3, -0.25) is 0 Å². The Balaban J connectivity index is 2.08. The summed E-state index contributed by atoms with van der Waals surface area (Å²) in [6, 6.07) is 19.5. The molecule has 0 N–H and O–H groups in total. The maximum absolute atomic E-state index is 5.42. The lowest BCUT2D eigenvalue weighted by Crippen LogP contribution is -2.28. The second-order valence-corrected chi connectivity index (χ2v) is 7.21. The summed E-state index contributed by atoms with van der Waals surface area (Å²) in [6.07, 6.45) is 2.23. The van der Waals surface area contributed by atoms with Crippen LogP contribution in [0, 0.1) is 0 Å². The number of aromatic nitrogens is 1. The predicted molar refractivity (Wildman–Crippen MR) is 102 cm³/mol. The molecule has 0 saturated carbocycles. The number of aryl methyl sites for hydroxylation is 1. The second kappa shape index (κ2) is 4.92. The average molecular weight is 330 g/mol. The molecule has 2 nitrogen and oxygen atoms in total. The van der Waals surface area contributed by atoms with Crippen molar-refractivity contribution in [1.29, 1.82) is 0 Å². The maximum Gasteiger partial charge on any atom is 0.216 e. The Bertz CT molecular complexity index is 1250. The van der Waals surface area contributed by atoms with Gasteiger partial charge in [0.05, 0.1) is 18.6 Å². The minimum absolute atomic E-state index is 0.891. The van der Waals surface area contributed by atoms with E-state index < -0.39 is 0 Å². The number of fused-ring (bicyclic) bond motifs is 7. The lowest BCUT2D eigenvalue weighted by Gasteiger charge is -2.04. The molecule has 0 aliphatic rings. The van der Waals surface area contributed by atoms with Crippen LogP contribution in [-0.4, -0.2) is 7.11 Å². The topological polar surface area (TPSA) is 13.1 Å². The van der Waals surface area contributed by atoms with Crippen LogP contribution in [-0.2, 0) is 7.05 Å². The number of hydrogen-bond acceptors (Lipinski definition) is 2. The van der Waals surface area contributed by atoms with Crippen LogP contribution in [0.3, 0.4) is 0 Å². The van der Waals surface area contributed by atoms with Gasteiger partial charge in [-0.05, 0) is 29.0 Å². The molecule has 116 valence electrons. The molecule has 5 rings (SSSR count). The van der Waals surface area contributed by atoms with E-state index in [1.807, 2.05) is 11.3 Å². The van der Waals surface area contributed by atoms with Crippen molar-refractivity contribution in [2.24, 2.45) is 7.05 Å². The third-order valence-corrected chi connectivity index (χ3v) is 5.86. The van der Waals surface area contributed by atoms with Gasteiger partial charge in [-0.1, -0.05) is 30.3 Å². The van der Waals surface area contributed by atoms with Crippen molar-refractivity contribution in [2.75, 3.05) is 7.11 Å². The molecule has 0 amide bonds. The zero-order valence-electron chi connectivity index (χ0n) is 13.5. The van der Waals surface area contributed by atoms with E-state index in [1.165, 1.54) is 41.8 Å². The van der Waals surface area contributed by atoms with Crippen LogP contribution >= 0.6 is 11.3 Å². The first-order valence-corrected chi connectivity index (χ1v) is 8.78. The van der Waals surface area contributed by atoms with Gasteiger partial charge in [-0.2, -0.15) is 4.57 Å². The van der Waals surface area contributed by atoms with Gasteiger partial charge in [-0.15, -0.1) is 11.3 Å². The van der Waals surface area contributed by atoms with Crippen molar-refractivity contribution in [3.8, 4) is 5.75 Å². The minimum Gasteiger partial charge on any atom is -0.497 e.